The van der Waals surface area contributed by atoms with E-state index in [1.165, 1.54) is 36.4 Å². The summed E-state index contributed by atoms with van der Waals surface area (Å²) in [5, 5.41) is 11.0. The quantitative estimate of drug-likeness (QED) is 0.821. The summed E-state index contributed by atoms with van der Waals surface area (Å²) in [6.07, 6.45) is 0. The van der Waals surface area contributed by atoms with Crippen molar-refractivity contribution < 1.29 is 23.8 Å². The first kappa shape index (κ1) is 14.4. The Morgan fingerprint density at radius 2 is 1.90 bits per heavy atom. The summed E-state index contributed by atoms with van der Waals surface area (Å²) in [5.74, 6) is -2.00. The van der Waals surface area contributed by atoms with Crippen molar-refractivity contribution in [2.75, 3.05) is 11.9 Å². The molecule has 1 heterocycles. The lowest BCUT2D eigenvalue weighted by Crippen LogP contribution is -2.14. The number of anilines is 1. The van der Waals surface area contributed by atoms with E-state index >= 15 is 0 Å². The van der Waals surface area contributed by atoms with E-state index in [9.17, 15) is 14.0 Å². The summed E-state index contributed by atoms with van der Waals surface area (Å²) >= 11 is 0. The minimum Gasteiger partial charge on any atom is -0.482 e. The van der Waals surface area contributed by atoms with E-state index in [2.05, 4.69) is 10.3 Å². The van der Waals surface area contributed by atoms with Gasteiger partial charge >= 0.3 is 5.97 Å². The predicted octanol–water partition coefficient (Wildman–Crippen LogP) is 1.94. The summed E-state index contributed by atoms with van der Waals surface area (Å²) in [5.41, 5.74) is 0.412. The number of carbonyl (C=O) groups is 2. The number of halogens is 1. The number of aliphatic carboxylic acids is 1. The van der Waals surface area contributed by atoms with Crippen molar-refractivity contribution in [2.45, 2.75) is 0 Å². The summed E-state index contributed by atoms with van der Waals surface area (Å²) < 4.78 is 17.9. The number of rotatable bonds is 5. The van der Waals surface area contributed by atoms with Gasteiger partial charge in [0, 0.05) is 5.69 Å². The van der Waals surface area contributed by atoms with Crippen molar-refractivity contribution in [1.82, 2.24) is 4.98 Å². The molecule has 2 rings (SSSR count). The number of ether oxygens (including phenoxy) is 1. The number of aromatic nitrogens is 1. The Labute approximate surface area is 119 Å². The normalized spacial score (nSPS) is 9.95. The minimum absolute atomic E-state index is 0.0406. The number of carboxylic acids is 1. The van der Waals surface area contributed by atoms with Gasteiger partial charge in [-0.3, -0.25) is 4.79 Å². The topological polar surface area (TPSA) is 88.5 Å². The van der Waals surface area contributed by atoms with Crippen LogP contribution in [-0.2, 0) is 4.79 Å². The molecule has 1 amide bonds. The molecule has 0 fully saturated rings. The molecular weight excluding hydrogens is 279 g/mol. The van der Waals surface area contributed by atoms with Crippen LogP contribution in [-0.4, -0.2) is 28.6 Å². The highest BCUT2D eigenvalue weighted by molar-refractivity contribution is 6.02. The van der Waals surface area contributed by atoms with Gasteiger partial charge in [0.1, 0.15) is 11.4 Å². The standard InChI is InChI=1S/C14H11FN2O4/c15-12-3-1-2-11(17-12)14(20)16-9-4-6-10(7-5-9)21-8-13(18)19/h1-7H,8H2,(H,16,20)(H,18,19). The van der Waals surface area contributed by atoms with E-state index in [4.69, 9.17) is 9.84 Å². The number of carboxylic acid groups (broad SMARTS) is 1. The number of benzene rings is 1. The van der Waals surface area contributed by atoms with Crippen LogP contribution in [0.1, 0.15) is 10.5 Å². The number of nitrogens with zero attached hydrogens (tertiary/aromatic N) is 1. The number of nitrogens with one attached hydrogen (secondary N) is 1. The van der Waals surface area contributed by atoms with Gasteiger partial charge in [0.05, 0.1) is 0 Å². The van der Waals surface area contributed by atoms with Crippen molar-refractivity contribution in [1.29, 1.82) is 0 Å². The Morgan fingerprint density at radius 1 is 1.19 bits per heavy atom. The molecule has 0 atom stereocenters. The van der Waals surface area contributed by atoms with Crippen LogP contribution >= 0.6 is 0 Å². The van der Waals surface area contributed by atoms with E-state index in [0.29, 0.717) is 11.4 Å². The lowest BCUT2D eigenvalue weighted by Gasteiger charge is -2.06. The Hall–Kier alpha value is -2.96. The molecule has 0 aliphatic carbocycles. The van der Waals surface area contributed by atoms with E-state index in [-0.39, 0.29) is 5.69 Å². The molecule has 0 aliphatic rings. The lowest BCUT2D eigenvalue weighted by atomic mass is 10.3. The van der Waals surface area contributed by atoms with Gasteiger partial charge in [-0.1, -0.05) is 6.07 Å². The highest BCUT2D eigenvalue weighted by Crippen LogP contribution is 2.16. The van der Waals surface area contributed by atoms with Crippen LogP contribution < -0.4 is 10.1 Å². The van der Waals surface area contributed by atoms with Gasteiger partial charge < -0.3 is 15.2 Å². The first-order valence-corrected chi connectivity index (χ1v) is 5.93. The van der Waals surface area contributed by atoms with Crippen molar-refractivity contribution in [2.24, 2.45) is 0 Å². The fourth-order valence-corrected chi connectivity index (χ4v) is 1.51. The molecule has 7 heteroatoms. The fraction of sp³-hybridized carbons (Fsp3) is 0.0714. The van der Waals surface area contributed by atoms with E-state index < -0.39 is 24.4 Å². The van der Waals surface area contributed by atoms with Gasteiger partial charge in [0.25, 0.3) is 5.91 Å². The van der Waals surface area contributed by atoms with Gasteiger partial charge in [0.15, 0.2) is 6.61 Å². The molecule has 0 saturated carbocycles. The number of carbonyl (C=O) groups excluding carboxylic acids is 1. The summed E-state index contributed by atoms with van der Waals surface area (Å²) in [7, 11) is 0. The second-order valence-electron chi connectivity index (χ2n) is 4.01. The Kier molecular flexibility index (Phi) is 4.45. The third-order valence-electron chi connectivity index (χ3n) is 2.42. The van der Waals surface area contributed by atoms with Gasteiger partial charge in [-0.15, -0.1) is 0 Å². The third-order valence-corrected chi connectivity index (χ3v) is 2.42. The van der Waals surface area contributed by atoms with Gasteiger partial charge in [-0.2, -0.15) is 4.39 Å². The van der Waals surface area contributed by atoms with Crippen LogP contribution in [0.15, 0.2) is 42.5 Å². The zero-order valence-electron chi connectivity index (χ0n) is 10.7. The molecule has 0 saturated heterocycles. The number of pyridine rings is 1. The second kappa shape index (κ2) is 6.47. The number of hydrogen-bond acceptors (Lipinski definition) is 4. The molecule has 1 aromatic carbocycles. The Morgan fingerprint density at radius 3 is 2.52 bits per heavy atom. The van der Waals surface area contributed by atoms with Crippen LogP contribution in [0.3, 0.4) is 0 Å². The summed E-state index contributed by atoms with van der Waals surface area (Å²) in [4.78, 5) is 25.6. The van der Waals surface area contributed by atoms with Crippen LogP contribution in [0.5, 0.6) is 5.75 Å². The van der Waals surface area contributed by atoms with Crippen molar-refractivity contribution in [3.8, 4) is 5.75 Å². The van der Waals surface area contributed by atoms with Crippen LogP contribution in [0, 0.1) is 5.95 Å². The van der Waals surface area contributed by atoms with Crippen molar-refractivity contribution >= 4 is 17.6 Å². The number of amides is 1. The molecule has 108 valence electrons. The highest BCUT2D eigenvalue weighted by atomic mass is 19.1. The third kappa shape index (κ3) is 4.27. The summed E-state index contributed by atoms with van der Waals surface area (Å²) in [6.45, 7) is -0.446. The van der Waals surface area contributed by atoms with Crippen LogP contribution in [0.4, 0.5) is 10.1 Å². The largest absolute Gasteiger partial charge is 0.482 e. The zero-order chi connectivity index (χ0) is 15.2. The van der Waals surface area contributed by atoms with Gasteiger partial charge in [-0.25, -0.2) is 9.78 Å². The smallest absolute Gasteiger partial charge is 0.341 e. The maximum atomic E-state index is 12.9. The minimum atomic E-state index is -1.08. The molecule has 0 aliphatic heterocycles. The van der Waals surface area contributed by atoms with E-state index in [1.54, 1.807) is 0 Å². The zero-order valence-corrected chi connectivity index (χ0v) is 10.7. The van der Waals surface area contributed by atoms with Gasteiger partial charge in [0.2, 0.25) is 5.95 Å². The molecule has 21 heavy (non-hydrogen) atoms. The average molecular weight is 290 g/mol. The molecule has 0 unspecified atom stereocenters. The maximum absolute atomic E-state index is 12.9. The Balaban J connectivity index is 2.00. The van der Waals surface area contributed by atoms with Gasteiger partial charge in [-0.05, 0) is 36.4 Å². The fourth-order valence-electron chi connectivity index (χ4n) is 1.51. The van der Waals surface area contributed by atoms with Crippen molar-refractivity contribution in [3.63, 3.8) is 0 Å². The molecule has 1 aromatic heterocycles. The molecule has 2 N–H and O–H groups in total. The SMILES string of the molecule is O=C(O)COc1ccc(NC(=O)c2cccc(F)n2)cc1. The molecule has 0 radical (unpaired) electrons. The molecule has 6 nitrogen and oxygen atoms in total. The predicted molar refractivity (Wildman–Crippen MR) is 71.7 cm³/mol. The lowest BCUT2D eigenvalue weighted by molar-refractivity contribution is -0.139. The highest BCUT2D eigenvalue weighted by Gasteiger charge is 2.08. The van der Waals surface area contributed by atoms with E-state index in [0.717, 1.165) is 6.07 Å². The monoisotopic (exact) mass is 290 g/mol. The van der Waals surface area contributed by atoms with E-state index in [1.807, 2.05) is 0 Å². The molecule has 0 bridgehead atoms. The number of hydrogen-bond donors (Lipinski definition) is 2. The molecule has 2 aromatic rings. The first-order chi connectivity index (χ1) is 10.0. The van der Waals surface area contributed by atoms with Crippen molar-refractivity contribution in [3.05, 3.63) is 54.1 Å². The molecule has 0 spiro atoms. The van der Waals surface area contributed by atoms with Crippen LogP contribution in [0.25, 0.3) is 0 Å². The first-order valence-electron chi connectivity index (χ1n) is 5.93. The molecular formula is C14H11FN2O4. The van der Waals surface area contributed by atoms with Crippen LogP contribution in [0.2, 0.25) is 0 Å². The second-order valence-corrected chi connectivity index (χ2v) is 4.01. The Bertz CT molecular complexity index is 658. The average Bonchev–Trinajstić information content (AvgIpc) is 2.46. The maximum Gasteiger partial charge on any atom is 0.341 e. The summed E-state index contributed by atoms with van der Waals surface area (Å²) in [6, 6.07) is 10.0.